The zero-order chi connectivity index (χ0) is 12.1. The van der Waals surface area contributed by atoms with Crippen LogP contribution in [0.2, 0.25) is 0 Å². The molecule has 2 heterocycles. The van der Waals surface area contributed by atoms with Crippen LogP contribution in [0.15, 0.2) is 4.99 Å². The molecule has 9 nitrogen and oxygen atoms in total. The molecule has 0 aromatic carbocycles. The highest BCUT2D eigenvalue weighted by atomic mass is 17.1. The van der Waals surface area contributed by atoms with Crippen molar-refractivity contribution < 1.29 is 24.8 Å². The van der Waals surface area contributed by atoms with Crippen LogP contribution in [-0.4, -0.2) is 58.9 Å². The SMILES string of the molecule is CN1C(=O)NC(=O)C2(O[O])C1=NC(O)N2C. The normalized spacial score (nSPS) is 34.9. The number of imide groups is 1. The van der Waals surface area contributed by atoms with Gasteiger partial charge in [-0.2, -0.15) is 4.89 Å². The molecule has 1 saturated heterocycles. The number of nitrogens with zero attached hydrogens (tertiary/aromatic N) is 3. The summed E-state index contributed by atoms with van der Waals surface area (Å²) in [5.41, 5.74) is -2.10. The van der Waals surface area contributed by atoms with E-state index in [1.807, 2.05) is 5.32 Å². The smallest absolute Gasteiger partial charge is 0.329 e. The number of amides is 3. The van der Waals surface area contributed by atoms with E-state index in [9.17, 15) is 20.0 Å². The lowest BCUT2D eigenvalue weighted by atomic mass is 10.1. The molecule has 9 heteroatoms. The third-order valence-electron chi connectivity index (χ3n) is 2.66. The van der Waals surface area contributed by atoms with E-state index < -0.39 is 24.0 Å². The fraction of sp³-hybridized carbons (Fsp3) is 0.571. The Bertz CT molecular complexity index is 396. The molecule has 1 fully saturated rings. The van der Waals surface area contributed by atoms with E-state index in [0.717, 1.165) is 9.80 Å². The second kappa shape index (κ2) is 3.22. The maximum atomic E-state index is 11.6. The van der Waals surface area contributed by atoms with Crippen LogP contribution in [-0.2, 0) is 14.9 Å². The molecule has 2 N–H and O–H groups in total. The monoisotopic (exact) mass is 229 g/mol. The van der Waals surface area contributed by atoms with E-state index in [2.05, 4.69) is 9.88 Å². The summed E-state index contributed by atoms with van der Waals surface area (Å²) in [6.45, 7) is 0. The van der Waals surface area contributed by atoms with Gasteiger partial charge in [0.15, 0.2) is 5.84 Å². The van der Waals surface area contributed by atoms with E-state index >= 15 is 0 Å². The number of likely N-dealkylation sites (N-methyl/N-ethyl adjacent to an activating group) is 2. The average Bonchev–Trinajstić information content (AvgIpc) is 2.50. The zero-order valence-corrected chi connectivity index (χ0v) is 8.50. The van der Waals surface area contributed by atoms with Crippen molar-refractivity contribution in [1.29, 1.82) is 0 Å². The van der Waals surface area contributed by atoms with Gasteiger partial charge in [-0.3, -0.25) is 15.0 Å². The number of carbonyl (C=O) groups excluding carboxylic acids is 2. The maximum Gasteiger partial charge on any atom is 0.329 e. The molecule has 16 heavy (non-hydrogen) atoms. The molecule has 2 aliphatic heterocycles. The Kier molecular flexibility index (Phi) is 2.20. The van der Waals surface area contributed by atoms with Gasteiger partial charge in [0.2, 0.25) is 6.35 Å². The molecule has 3 amide bonds. The predicted molar refractivity (Wildman–Crippen MR) is 47.0 cm³/mol. The van der Waals surface area contributed by atoms with Gasteiger partial charge in [-0.05, 0) is 12.3 Å². The van der Waals surface area contributed by atoms with Crippen molar-refractivity contribution >= 4 is 17.8 Å². The number of aliphatic hydroxyl groups excluding tert-OH is 1. The number of nitrogens with one attached hydrogen (secondary N) is 1. The molecular formula is C7H9N4O5. The van der Waals surface area contributed by atoms with Crippen molar-refractivity contribution in [3.8, 4) is 0 Å². The summed E-state index contributed by atoms with van der Waals surface area (Å²) in [6.07, 6.45) is -1.41. The van der Waals surface area contributed by atoms with Crippen LogP contribution < -0.4 is 5.32 Å². The van der Waals surface area contributed by atoms with Crippen molar-refractivity contribution in [2.75, 3.05) is 14.1 Å². The van der Waals surface area contributed by atoms with Crippen LogP contribution in [0.3, 0.4) is 0 Å². The van der Waals surface area contributed by atoms with Crippen molar-refractivity contribution in [1.82, 2.24) is 15.1 Å². The van der Waals surface area contributed by atoms with E-state index in [1.54, 1.807) is 0 Å². The molecular weight excluding hydrogens is 220 g/mol. The Morgan fingerprint density at radius 3 is 2.69 bits per heavy atom. The van der Waals surface area contributed by atoms with Crippen LogP contribution >= 0.6 is 0 Å². The van der Waals surface area contributed by atoms with Crippen LogP contribution in [0, 0.1) is 0 Å². The van der Waals surface area contributed by atoms with Crippen molar-refractivity contribution in [2.45, 2.75) is 12.1 Å². The highest BCUT2D eigenvalue weighted by Crippen LogP contribution is 2.30. The summed E-state index contributed by atoms with van der Waals surface area (Å²) in [6, 6.07) is -0.737. The number of carbonyl (C=O) groups is 2. The highest BCUT2D eigenvalue weighted by molar-refractivity contribution is 6.23. The Morgan fingerprint density at radius 1 is 1.50 bits per heavy atom. The third kappa shape index (κ3) is 1.05. The fourth-order valence-corrected chi connectivity index (χ4v) is 1.68. The molecule has 0 aromatic rings. The first-order chi connectivity index (χ1) is 7.45. The number of hydrogen-bond donors (Lipinski definition) is 2. The van der Waals surface area contributed by atoms with Crippen molar-refractivity contribution in [3.63, 3.8) is 0 Å². The lowest BCUT2D eigenvalue weighted by Gasteiger charge is -2.37. The quantitative estimate of drug-likeness (QED) is 0.393. The first-order valence-corrected chi connectivity index (χ1v) is 4.34. The van der Waals surface area contributed by atoms with Crippen LogP contribution in [0.25, 0.3) is 0 Å². The lowest BCUT2D eigenvalue weighted by molar-refractivity contribution is -0.376. The number of amidine groups is 1. The number of aliphatic imine (C=N–C) groups is 1. The molecule has 1 radical (unpaired) electrons. The van der Waals surface area contributed by atoms with Gasteiger partial charge in [-0.1, -0.05) is 0 Å². The van der Waals surface area contributed by atoms with Crippen LogP contribution in [0.5, 0.6) is 0 Å². The number of urea groups is 1. The van der Waals surface area contributed by atoms with Gasteiger partial charge in [-0.15, -0.1) is 0 Å². The zero-order valence-electron chi connectivity index (χ0n) is 8.50. The van der Waals surface area contributed by atoms with Gasteiger partial charge >= 0.3 is 6.03 Å². The summed E-state index contributed by atoms with van der Waals surface area (Å²) < 4.78 is 0. The molecule has 0 bridgehead atoms. The minimum atomic E-state index is -2.10. The Labute approximate surface area is 89.8 Å². The van der Waals surface area contributed by atoms with Gasteiger partial charge in [0, 0.05) is 7.05 Å². The summed E-state index contributed by atoms with van der Waals surface area (Å²) in [5.74, 6) is -1.20. The molecule has 2 rings (SSSR count). The number of fused-ring (bicyclic) bond motifs is 1. The van der Waals surface area contributed by atoms with Gasteiger partial charge in [0.25, 0.3) is 11.6 Å². The maximum absolute atomic E-state index is 11.6. The van der Waals surface area contributed by atoms with Crippen LogP contribution in [0.4, 0.5) is 4.79 Å². The van der Waals surface area contributed by atoms with Crippen LogP contribution in [0.1, 0.15) is 0 Å². The van der Waals surface area contributed by atoms with Gasteiger partial charge < -0.3 is 5.11 Å². The average molecular weight is 229 g/mol. The Hall–Kier alpha value is -1.55. The first-order valence-electron chi connectivity index (χ1n) is 4.34. The molecule has 0 spiro atoms. The Balaban J connectivity index is 2.54. The number of aliphatic hydroxyl groups is 1. The molecule has 2 aliphatic rings. The van der Waals surface area contributed by atoms with E-state index in [1.165, 1.54) is 14.1 Å². The second-order valence-electron chi connectivity index (χ2n) is 3.46. The van der Waals surface area contributed by atoms with Crippen molar-refractivity contribution in [3.05, 3.63) is 0 Å². The largest absolute Gasteiger partial charge is 0.359 e. The standard InChI is InChI=1S/C7H9N4O5/c1-10-3-7(16-15,4(12)9-5(10)13)11(2)6(14)8-3/h6,14H,1-2H3,(H,9,12,13). The summed E-state index contributed by atoms with van der Waals surface area (Å²) >= 11 is 0. The third-order valence-corrected chi connectivity index (χ3v) is 2.66. The lowest BCUT2D eigenvalue weighted by Crippen LogP contribution is -2.71. The fourth-order valence-electron chi connectivity index (χ4n) is 1.68. The molecule has 87 valence electrons. The van der Waals surface area contributed by atoms with E-state index in [0.29, 0.717) is 0 Å². The predicted octanol–water partition coefficient (Wildman–Crippen LogP) is -2.15. The molecule has 0 saturated carbocycles. The molecule has 0 aromatic heterocycles. The van der Waals surface area contributed by atoms with Gasteiger partial charge in [0.1, 0.15) is 0 Å². The number of hydrogen-bond acceptors (Lipinski definition) is 6. The van der Waals surface area contributed by atoms with Crippen molar-refractivity contribution in [2.24, 2.45) is 4.99 Å². The van der Waals surface area contributed by atoms with E-state index in [-0.39, 0.29) is 5.84 Å². The topological polar surface area (TPSA) is 114 Å². The summed E-state index contributed by atoms with van der Waals surface area (Å²) in [7, 11) is 2.59. The highest BCUT2D eigenvalue weighted by Gasteiger charge is 2.62. The van der Waals surface area contributed by atoms with E-state index in [4.69, 9.17) is 0 Å². The minimum Gasteiger partial charge on any atom is -0.359 e. The molecule has 2 unspecified atom stereocenters. The number of rotatable bonds is 1. The second-order valence-corrected chi connectivity index (χ2v) is 3.46. The minimum absolute atomic E-state index is 0.230. The first kappa shape index (κ1) is 11.0. The Morgan fingerprint density at radius 2 is 2.12 bits per heavy atom. The van der Waals surface area contributed by atoms with Gasteiger partial charge in [-0.25, -0.2) is 14.7 Å². The summed E-state index contributed by atoms with van der Waals surface area (Å²) in [4.78, 5) is 32.3. The van der Waals surface area contributed by atoms with Gasteiger partial charge in [0.05, 0.1) is 0 Å². The summed E-state index contributed by atoms with van der Waals surface area (Å²) in [5, 5.41) is 22.2. The molecule has 0 aliphatic carbocycles. The molecule has 2 atom stereocenters.